The van der Waals surface area contributed by atoms with Crippen LogP contribution in [-0.2, 0) is 0 Å². The van der Waals surface area contributed by atoms with Crippen molar-refractivity contribution in [3.63, 3.8) is 0 Å². The average molecular weight is 307 g/mol. The van der Waals surface area contributed by atoms with E-state index in [1.54, 1.807) is 6.20 Å². The molecule has 4 heteroatoms. The average Bonchev–Trinajstić information content (AvgIpc) is 2.31. The Labute approximate surface area is 115 Å². The maximum Gasteiger partial charge on any atom is 0.241 e. The van der Waals surface area contributed by atoms with Gasteiger partial charge in [0.15, 0.2) is 0 Å². The predicted octanol–water partition coefficient (Wildman–Crippen LogP) is 4.27. The first kappa shape index (κ1) is 13.0. The highest BCUT2D eigenvalue weighted by atomic mass is 79.9. The molecule has 0 bridgehead atoms. The number of aryl methyl sites for hydroxylation is 4. The molecule has 1 heterocycles. The van der Waals surface area contributed by atoms with Crippen molar-refractivity contribution in [1.29, 1.82) is 0 Å². The van der Waals surface area contributed by atoms with Crippen LogP contribution in [0, 0.1) is 27.7 Å². The fraction of sp³-hybridized carbons (Fsp3) is 0.286. The Morgan fingerprint density at radius 2 is 1.67 bits per heavy atom. The summed E-state index contributed by atoms with van der Waals surface area (Å²) in [6.07, 6.45) is 1.74. The molecular weight excluding hydrogens is 292 g/mol. The minimum atomic E-state index is 0.566. The fourth-order valence-corrected chi connectivity index (χ4v) is 1.92. The van der Waals surface area contributed by atoms with Gasteiger partial charge >= 0.3 is 0 Å². The molecule has 0 fully saturated rings. The first-order valence-corrected chi connectivity index (χ1v) is 6.51. The third-order valence-corrected chi connectivity index (χ3v) is 3.91. The molecule has 0 unspecified atom stereocenters. The number of halogens is 1. The van der Waals surface area contributed by atoms with Crippen molar-refractivity contribution in [2.75, 3.05) is 0 Å². The lowest BCUT2D eigenvalue weighted by Gasteiger charge is -2.10. The highest BCUT2D eigenvalue weighted by Gasteiger charge is 2.08. The molecule has 18 heavy (non-hydrogen) atoms. The van der Waals surface area contributed by atoms with Crippen molar-refractivity contribution < 1.29 is 4.74 Å². The van der Waals surface area contributed by atoms with E-state index in [0.29, 0.717) is 5.88 Å². The molecule has 2 rings (SSSR count). The number of nitrogens with zero attached hydrogens (tertiary/aromatic N) is 2. The Morgan fingerprint density at radius 3 is 2.28 bits per heavy atom. The van der Waals surface area contributed by atoms with Crippen molar-refractivity contribution in [2.24, 2.45) is 0 Å². The molecule has 0 aliphatic heterocycles. The van der Waals surface area contributed by atoms with E-state index in [2.05, 4.69) is 25.9 Å². The van der Waals surface area contributed by atoms with Crippen LogP contribution < -0.4 is 4.74 Å². The maximum atomic E-state index is 5.81. The summed E-state index contributed by atoms with van der Waals surface area (Å²) in [5.41, 5.74) is 3.92. The van der Waals surface area contributed by atoms with E-state index in [1.165, 1.54) is 0 Å². The van der Waals surface area contributed by atoms with E-state index in [-0.39, 0.29) is 0 Å². The van der Waals surface area contributed by atoms with E-state index in [1.807, 2.05) is 39.8 Å². The zero-order valence-corrected chi connectivity index (χ0v) is 12.5. The van der Waals surface area contributed by atoms with Crippen molar-refractivity contribution >= 4 is 15.9 Å². The van der Waals surface area contributed by atoms with E-state index < -0.39 is 0 Å². The second-order valence-corrected chi connectivity index (χ2v) is 5.17. The molecule has 1 aromatic heterocycles. The number of aromatic nitrogens is 2. The van der Waals surface area contributed by atoms with Crippen molar-refractivity contribution in [3.8, 4) is 11.6 Å². The van der Waals surface area contributed by atoms with Gasteiger partial charge in [0.2, 0.25) is 5.88 Å². The Morgan fingerprint density at radius 1 is 1.06 bits per heavy atom. The highest BCUT2D eigenvalue weighted by molar-refractivity contribution is 9.10. The van der Waals surface area contributed by atoms with Gasteiger partial charge in [-0.1, -0.05) is 15.9 Å². The van der Waals surface area contributed by atoms with E-state index >= 15 is 0 Å². The van der Waals surface area contributed by atoms with Gasteiger partial charge < -0.3 is 4.74 Å². The van der Waals surface area contributed by atoms with E-state index in [9.17, 15) is 0 Å². The van der Waals surface area contributed by atoms with Crippen LogP contribution in [0.1, 0.15) is 22.5 Å². The zero-order chi connectivity index (χ0) is 13.3. The summed E-state index contributed by atoms with van der Waals surface area (Å²) in [5, 5.41) is 0. The molecule has 2 aromatic rings. The van der Waals surface area contributed by atoms with Crippen LogP contribution in [-0.4, -0.2) is 9.97 Å². The molecule has 0 spiro atoms. The lowest BCUT2D eigenvalue weighted by molar-refractivity contribution is 0.453. The van der Waals surface area contributed by atoms with Gasteiger partial charge in [0.1, 0.15) is 5.75 Å². The van der Waals surface area contributed by atoms with Gasteiger partial charge in [-0.25, -0.2) is 4.98 Å². The molecule has 0 saturated carbocycles. The molecule has 0 radical (unpaired) electrons. The molecule has 0 N–H and O–H groups in total. The predicted molar refractivity (Wildman–Crippen MR) is 75.2 cm³/mol. The first-order chi connectivity index (χ1) is 8.47. The van der Waals surface area contributed by atoms with Gasteiger partial charge in [0.05, 0.1) is 11.4 Å². The molecule has 94 valence electrons. The van der Waals surface area contributed by atoms with E-state index in [4.69, 9.17) is 4.74 Å². The summed E-state index contributed by atoms with van der Waals surface area (Å²) in [4.78, 5) is 8.59. The van der Waals surface area contributed by atoms with Gasteiger partial charge in [-0.15, -0.1) is 0 Å². The summed E-state index contributed by atoms with van der Waals surface area (Å²) in [6, 6.07) is 3.97. The molecule has 0 aliphatic rings. The largest absolute Gasteiger partial charge is 0.437 e. The van der Waals surface area contributed by atoms with Crippen molar-refractivity contribution in [3.05, 3.63) is 45.3 Å². The van der Waals surface area contributed by atoms with Crippen LogP contribution in [0.15, 0.2) is 22.8 Å². The van der Waals surface area contributed by atoms with E-state index in [0.717, 1.165) is 32.7 Å². The number of rotatable bonds is 2. The maximum absolute atomic E-state index is 5.81. The Bertz CT molecular complexity index is 573. The smallest absolute Gasteiger partial charge is 0.241 e. The first-order valence-electron chi connectivity index (χ1n) is 5.72. The Hall–Kier alpha value is -1.42. The second-order valence-electron chi connectivity index (χ2n) is 4.38. The molecule has 0 aliphatic carbocycles. The van der Waals surface area contributed by atoms with Gasteiger partial charge in [0.25, 0.3) is 0 Å². The quantitative estimate of drug-likeness (QED) is 0.831. The third kappa shape index (κ3) is 2.70. The summed E-state index contributed by atoms with van der Waals surface area (Å²) in [6.45, 7) is 7.87. The van der Waals surface area contributed by atoms with Crippen LogP contribution in [0.5, 0.6) is 11.6 Å². The van der Waals surface area contributed by atoms with Crippen LogP contribution in [0.3, 0.4) is 0 Å². The summed E-state index contributed by atoms with van der Waals surface area (Å²) >= 11 is 3.54. The van der Waals surface area contributed by atoms with Gasteiger partial charge in [-0.05, 0) is 51.0 Å². The zero-order valence-electron chi connectivity index (χ0n) is 10.9. The number of ether oxygens (including phenoxy) is 1. The lowest BCUT2D eigenvalue weighted by Crippen LogP contribution is -1.96. The fourth-order valence-electron chi connectivity index (χ4n) is 1.69. The standard InChI is InChI=1S/C14H15BrN2O/c1-8-5-12(6-9(2)13(8)15)18-14-11(4)16-7-10(3)17-14/h5-7H,1-4H3. The SMILES string of the molecule is Cc1cnc(C)c(Oc2cc(C)c(Br)c(C)c2)n1. The van der Waals surface area contributed by atoms with Gasteiger partial charge in [0, 0.05) is 10.7 Å². The highest BCUT2D eigenvalue weighted by Crippen LogP contribution is 2.29. The normalized spacial score (nSPS) is 10.5. The van der Waals surface area contributed by atoms with Crippen molar-refractivity contribution in [2.45, 2.75) is 27.7 Å². The Balaban J connectivity index is 2.37. The van der Waals surface area contributed by atoms with Gasteiger partial charge in [-0.2, -0.15) is 0 Å². The summed E-state index contributed by atoms with van der Waals surface area (Å²) in [7, 11) is 0. The van der Waals surface area contributed by atoms with Crippen molar-refractivity contribution in [1.82, 2.24) is 9.97 Å². The number of hydrogen-bond acceptors (Lipinski definition) is 3. The molecule has 0 amide bonds. The molecule has 0 atom stereocenters. The number of benzene rings is 1. The summed E-state index contributed by atoms with van der Waals surface area (Å²) in [5.74, 6) is 1.35. The summed E-state index contributed by atoms with van der Waals surface area (Å²) < 4.78 is 6.93. The Kier molecular flexibility index (Phi) is 3.66. The van der Waals surface area contributed by atoms with Crippen LogP contribution >= 0.6 is 15.9 Å². The lowest BCUT2D eigenvalue weighted by atomic mass is 10.1. The number of hydrogen-bond donors (Lipinski definition) is 0. The van der Waals surface area contributed by atoms with Crippen LogP contribution in [0.25, 0.3) is 0 Å². The second kappa shape index (κ2) is 5.06. The molecule has 3 nitrogen and oxygen atoms in total. The molecular formula is C14H15BrN2O. The molecule has 0 saturated heterocycles. The monoisotopic (exact) mass is 306 g/mol. The minimum absolute atomic E-state index is 0.566. The third-order valence-electron chi connectivity index (χ3n) is 2.66. The van der Waals surface area contributed by atoms with Crippen LogP contribution in [0.2, 0.25) is 0 Å². The topological polar surface area (TPSA) is 35.0 Å². The molecule has 1 aromatic carbocycles. The van der Waals surface area contributed by atoms with Gasteiger partial charge in [-0.3, -0.25) is 4.98 Å². The van der Waals surface area contributed by atoms with Crippen LogP contribution in [0.4, 0.5) is 0 Å². The minimum Gasteiger partial charge on any atom is -0.437 e.